The molecule has 3 rings (SSSR count). The van der Waals surface area contributed by atoms with Crippen LogP contribution in [0.5, 0.6) is 0 Å². The molecule has 0 amide bonds. The Morgan fingerprint density at radius 2 is 2.17 bits per heavy atom. The molecule has 1 unspecified atom stereocenters. The van der Waals surface area contributed by atoms with E-state index in [9.17, 15) is 0 Å². The SMILES string of the molecule is CC(Nc1ccnc2cc(Cl)ccc12)C1CCC1. The van der Waals surface area contributed by atoms with Crippen LogP contribution in [0.15, 0.2) is 30.5 Å². The molecule has 2 aromatic rings. The first-order valence-corrected chi connectivity index (χ1v) is 6.92. The maximum absolute atomic E-state index is 6.00. The molecule has 1 aliphatic carbocycles. The zero-order valence-corrected chi connectivity index (χ0v) is 11.2. The summed E-state index contributed by atoms with van der Waals surface area (Å²) in [5.74, 6) is 0.820. The van der Waals surface area contributed by atoms with E-state index in [0.29, 0.717) is 6.04 Å². The van der Waals surface area contributed by atoms with Gasteiger partial charge in [-0.2, -0.15) is 0 Å². The number of halogens is 1. The number of fused-ring (bicyclic) bond motifs is 1. The molecule has 1 atom stereocenters. The monoisotopic (exact) mass is 260 g/mol. The Hall–Kier alpha value is -1.28. The van der Waals surface area contributed by atoms with Crippen molar-refractivity contribution < 1.29 is 0 Å². The summed E-state index contributed by atoms with van der Waals surface area (Å²) in [6.07, 6.45) is 5.92. The van der Waals surface area contributed by atoms with Gasteiger partial charge in [-0.3, -0.25) is 4.98 Å². The van der Waals surface area contributed by atoms with Gasteiger partial charge in [-0.1, -0.05) is 18.0 Å². The molecule has 2 nitrogen and oxygen atoms in total. The zero-order chi connectivity index (χ0) is 12.5. The highest BCUT2D eigenvalue weighted by atomic mass is 35.5. The fourth-order valence-corrected chi connectivity index (χ4v) is 2.72. The molecule has 0 bridgehead atoms. The van der Waals surface area contributed by atoms with Gasteiger partial charge >= 0.3 is 0 Å². The number of rotatable bonds is 3. The predicted octanol–water partition coefficient (Wildman–Crippen LogP) is 4.49. The molecule has 0 radical (unpaired) electrons. The van der Waals surface area contributed by atoms with Crippen molar-refractivity contribution in [2.75, 3.05) is 5.32 Å². The van der Waals surface area contributed by atoms with Gasteiger partial charge in [-0.25, -0.2) is 0 Å². The van der Waals surface area contributed by atoms with Crippen molar-refractivity contribution in [1.29, 1.82) is 0 Å². The van der Waals surface area contributed by atoms with Gasteiger partial charge < -0.3 is 5.32 Å². The number of hydrogen-bond acceptors (Lipinski definition) is 2. The predicted molar refractivity (Wildman–Crippen MR) is 77.2 cm³/mol. The second-order valence-corrected chi connectivity index (χ2v) is 5.58. The minimum atomic E-state index is 0.528. The lowest BCUT2D eigenvalue weighted by molar-refractivity contribution is 0.285. The van der Waals surface area contributed by atoms with Gasteiger partial charge in [-0.15, -0.1) is 0 Å². The molecule has 1 N–H and O–H groups in total. The molecule has 94 valence electrons. The van der Waals surface area contributed by atoms with Crippen LogP contribution in [0.1, 0.15) is 26.2 Å². The molecule has 3 heteroatoms. The molecule has 1 fully saturated rings. The average Bonchev–Trinajstić information content (AvgIpc) is 2.26. The summed E-state index contributed by atoms with van der Waals surface area (Å²) in [6, 6.07) is 8.45. The van der Waals surface area contributed by atoms with Crippen molar-refractivity contribution in [3.8, 4) is 0 Å². The molecular formula is C15H17ClN2. The van der Waals surface area contributed by atoms with Crippen LogP contribution in [-0.4, -0.2) is 11.0 Å². The van der Waals surface area contributed by atoms with Gasteiger partial charge in [-0.05, 0) is 49.9 Å². The summed E-state index contributed by atoms with van der Waals surface area (Å²) < 4.78 is 0. The Kier molecular flexibility index (Phi) is 3.13. The van der Waals surface area contributed by atoms with Gasteiger partial charge in [0.2, 0.25) is 0 Å². The molecule has 0 aliphatic heterocycles. The standard InChI is InChI=1S/C15H17ClN2/c1-10(11-3-2-4-11)18-14-7-8-17-15-9-12(16)5-6-13(14)15/h5-11H,2-4H2,1H3,(H,17,18). The van der Waals surface area contributed by atoms with E-state index in [-0.39, 0.29) is 0 Å². The van der Waals surface area contributed by atoms with Crippen molar-refractivity contribution in [2.45, 2.75) is 32.2 Å². The highest BCUT2D eigenvalue weighted by molar-refractivity contribution is 6.31. The topological polar surface area (TPSA) is 24.9 Å². The Morgan fingerprint density at radius 1 is 1.33 bits per heavy atom. The fraction of sp³-hybridized carbons (Fsp3) is 0.400. The van der Waals surface area contributed by atoms with Gasteiger partial charge in [0.05, 0.1) is 5.52 Å². The van der Waals surface area contributed by atoms with Crippen LogP contribution >= 0.6 is 11.6 Å². The lowest BCUT2D eigenvalue weighted by Gasteiger charge is -2.32. The maximum Gasteiger partial charge on any atom is 0.0737 e. The van der Waals surface area contributed by atoms with Crippen LogP contribution < -0.4 is 5.32 Å². The van der Waals surface area contributed by atoms with E-state index in [1.165, 1.54) is 19.3 Å². The quantitative estimate of drug-likeness (QED) is 0.880. The van der Waals surface area contributed by atoms with Crippen molar-refractivity contribution in [3.63, 3.8) is 0 Å². The molecule has 1 aromatic heterocycles. The highest BCUT2D eigenvalue weighted by Gasteiger charge is 2.23. The number of nitrogens with zero attached hydrogens (tertiary/aromatic N) is 1. The van der Waals surface area contributed by atoms with Crippen molar-refractivity contribution in [1.82, 2.24) is 4.98 Å². The lowest BCUT2D eigenvalue weighted by Crippen LogP contribution is -2.30. The molecule has 1 aliphatic rings. The smallest absolute Gasteiger partial charge is 0.0737 e. The average molecular weight is 261 g/mol. The minimum Gasteiger partial charge on any atom is -0.382 e. The van der Waals surface area contributed by atoms with E-state index in [2.05, 4.69) is 17.2 Å². The van der Waals surface area contributed by atoms with E-state index in [1.807, 2.05) is 30.5 Å². The Morgan fingerprint density at radius 3 is 2.89 bits per heavy atom. The van der Waals surface area contributed by atoms with Crippen LogP contribution in [0.2, 0.25) is 5.02 Å². The second kappa shape index (κ2) is 4.77. The third-order valence-electron chi connectivity index (χ3n) is 3.94. The Labute approximate surface area is 112 Å². The summed E-state index contributed by atoms with van der Waals surface area (Å²) in [4.78, 5) is 4.36. The Bertz CT molecular complexity index is 563. The minimum absolute atomic E-state index is 0.528. The van der Waals surface area contributed by atoms with Crippen molar-refractivity contribution in [2.24, 2.45) is 5.92 Å². The summed E-state index contributed by atoms with van der Waals surface area (Å²) in [5.41, 5.74) is 2.12. The number of anilines is 1. The van der Waals surface area contributed by atoms with Crippen molar-refractivity contribution in [3.05, 3.63) is 35.5 Å². The van der Waals surface area contributed by atoms with E-state index in [0.717, 1.165) is 27.5 Å². The van der Waals surface area contributed by atoms with E-state index in [4.69, 9.17) is 11.6 Å². The van der Waals surface area contributed by atoms with Gasteiger partial charge in [0, 0.05) is 28.3 Å². The van der Waals surface area contributed by atoms with Crippen LogP contribution in [-0.2, 0) is 0 Å². The van der Waals surface area contributed by atoms with Crippen molar-refractivity contribution >= 4 is 28.2 Å². The molecular weight excluding hydrogens is 244 g/mol. The summed E-state index contributed by atoms with van der Waals surface area (Å²) in [6.45, 7) is 2.27. The van der Waals surface area contributed by atoms with E-state index in [1.54, 1.807) is 0 Å². The maximum atomic E-state index is 6.00. The normalized spacial score (nSPS) is 17.4. The van der Waals surface area contributed by atoms with Gasteiger partial charge in [0.1, 0.15) is 0 Å². The van der Waals surface area contributed by atoms with Crippen LogP contribution in [0.3, 0.4) is 0 Å². The van der Waals surface area contributed by atoms with Crippen LogP contribution in [0.25, 0.3) is 10.9 Å². The molecule has 1 aromatic carbocycles. The number of aromatic nitrogens is 1. The molecule has 18 heavy (non-hydrogen) atoms. The van der Waals surface area contributed by atoms with Gasteiger partial charge in [0.25, 0.3) is 0 Å². The van der Waals surface area contributed by atoms with Crippen LogP contribution in [0, 0.1) is 5.92 Å². The summed E-state index contributed by atoms with van der Waals surface area (Å²) in [7, 11) is 0. The largest absolute Gasteiger partial charge is 0.382 e. The summed E-state index contributed by atoms with van der Waals surface area (Å²) in [5, 5.41) is 5.50. The third-order valence-corrected chi connectivity index (χ3v) is 4.18. The Balaban J connectivity index is 1.91. The summed E-state index contributed by atoms with van der Waals surface area (Å²) >= 11 is 6.00. The fourth-order valence-electron chi connectivity index (χ4n) is 2.55. The first-order chi connectivity index (χ1) is 8.74. The molecule has 0 spiro atoms. The first-order valence-electron chi connectivity index (χ1n) is 6.55. The lowest BCUT2D eigenvalue weighted by atomic mass is 9.80. The third kappa shape index (κ3) is 2.17. The highest BCUT2D eigenvalue weighted by Crippen LogP contribution is 2.32. The van der Waals surface area contributed by atoms with E-state index < -0.39 is 0 Å². The van der Waals surface area contributed by atoms with E-state index >= 15 is 0 Å². The molecule has 1 heterocycles. The second-order valence-electron chi connectivity index (χ2n) is 5.14. The number of pyridine rings is 1. The zero-order valence-electron chi connectivity index (χ0n) is 10.5. The number of hydrogen-bond donors (Lipinski definition) is 1. The van der Waals surface area contributed by atoms with Crippen LogP contribution in [0.4, 0.5) is 5.69 Å². The first kappa shape index (κ1) is 11.8. The number of nitrogens with one attached hydrogen (secondary N) is 1. The number of benzene rings is 1. The molecule has 1 saturated carbocycles. The molecule has 0 saturated heterocycles. The van der Waals surface area contributed by atoms with Gasteiger partial charge in [0.15, 0.2) is 0 Å².